The zero-order valence-electron chi connectivity index (χ0n) is 10.6. The van der Waals surface area contributed by atoms with Crippen LogP contribution in [-0.4, -0.2) is 86.5 Å². The van der Waals surface area contributed by atoms with Gasteiger partial charge in [0, 0.05) is 0 Å². The summed E-state index contributed by atoms with van der Waals surface area (Å²) in [6.07, 6.45) is 0. The number of aliphatic hydroxyl groups is 4. The lowest BCUT2D eigenvalue weighted by Crippen LogP contribution is -2.39. The molecule has 0 aliphatic carbocycles. The van der Waals surface area contributed by atoms with Gasteiger partial charge in [-0.3, -0.25) is 0 Å². The van der Waals surface area contributed by atoms with Crippen LogP contribution in [0.3, 0.4) is 0 Å². The predicted octanol–water partition coefficient (Wildman–Crippen LogP) is -2.01. The lowest BCUT2D eigenvalue weighted by atomic mass is 9.93. The van der Waals surface area contributed by atoms with Crippen molar-refractivity contribution in [1.82, 2.24) is 0 Å². The first-order valence-electron chi connectivity index (χ1n) is 5.91. The molecular weight excluding hydrogens is 244 g/mol. The fourth-order valence-electron chi connectivity index (χ4n) is 1.08. The Hall–Kier alpha value is -0.280. The van der Waals surface area contributed by atoms with Gasteiger partial charge < -0.3 is 34.6 Å². The smallest absolute Gasteiger partial charge is 0.0701 e. The second-order valence-corrected chi connectivity index (χ2v) is 3.98. The molecular formula is C11H24O7. The molecule has 0 heterocycles. The monoisotopic (exact) mass is 268 g/mol. The second kappa shape index (κ2) is 11.8. The van der Waals surface area contributed by atoms with Crippen LogP contribution in [0, 0.1) is 5.41 Å². The molecule has 0 aliphatic heterocycles. The number of aliphatic hydroxyl groups excluding tert-OH is 4. The van der Waals surface area contributed by atoms with Crippen LogP contribution in [0.25, 0.3) is 0 Å². The third-order valence-corrected chi connectivity index (χ3v) is 2.39. The summed E-state index contributed by atoms with van der Waals surface area (Å²) in [5, 5.41) is 35.5. The van der Waals surface area contributed by atoms with E-state index < -0.39 is 5.41 Å². The van der Waals surface area contributed by atoms with E-state index in [2.05, 4.69) is 0 Å². The quantitative estimate of drug-likeness (QED) is 0.286. The van der Waals surface area contributed by atoms with Crippen LogP contribution in [0.2, 0.25) is 0 Å². The van der Waals surface area contributed by atoms with E-state index in [-0.39, 0.29) is 33.0 Å². The van der Waals surface area contributed by atoms with Crippen molar-refractivity contribution in [2.75, 3.05) is 66.1 Å². The second-order valence-electron chi connectivity index (χ2n) is 3.98. The zero-order chi connectivity index (χ0) is 13.7. The highest BCUT2D eigenvalue weighted by Gasteiger charge is 2.28. The summed E-state index contributed by atoms with van der Waals surface area (Å²) >= 11 is 0. The summed E-state index contributed by atoms with van der Waals surface area (Å²) in [5.41, 5.74) is -0.996. The minimum absolute atomic E-state index is 0.00528. The molecule has 18 heavy (non-hydrogen) atoms. The number of hydrogen-bond acceptors (Lipinski definition) is 7. The predicted molar refractivity (Wildman–Crippen MR) is 63.2 cm³/mol. The van der Waals surface area contributed by atoms with Gasteiger partial charge in [0.1, 0.15) is 0 Å². The fraction of sp³-hybridized carbons (Fsp3) is 1.00. The SMILES string of the molecule is OCCOCCOCCOCC(CO)(CO)CO. The Morgan fingerprint density at radius 2 is 1.06 bits per heavy atom. The molecule has 0 saturated carbocycles. The van der Waals surface area contributed by atoms with E-state index in [0.29, 0.717) is 33.0 Å². The maximum absolute atomic E-state index is 9.03. The van der Waals surface area contributed by atoms with Gasteiger partial charge >= 0.3 is 0 Å². The van der Waals surface area contributed by atoms with E-state index >= 15 is 0 Å². The van der Waals surface area contributed by atoms with Crippen molar-refractivity contribution in [1.29, 1.82) is 0 Å². The largest absolute Gasteiger partial charge is 0.396 e. The molecule has 0 spiro atoms. The van der Waals surface area contributed by atoms with Gasteiger partial charge in [-0.15, -0.1) is 0 Å². The van der Waals surface area contributed by atoms with E-state index in [1.165, 1.54) is 0 Å². The molecule has 0 fully saturated rings. The average Bonchev–Trinajstić information content (AvgIpc) is 2.42. The highest BCUT2D eigenvalue weighted by Crippen LogP contribution is 2.14. The van der Waals surface area contributed by atoms with E-state index in [4.69, 9.17) is 34.6 Å². The van der Waals surface area contributed by atoms with Crippen molar-refractivity contribution in [3.63, 3.8) is 0 Å². The van der Waals surface area contributed by atoms with E-state index in [9.17, 15) is 0 Å². The Balaban J connectivity index is 3.38. The van der Waals surface area contributed by atoms with Gasteiger partial charge in [0.2, 0.25) is 0 Å². The first kappa shape index (κ1) is 17.7. The van der Waals surface area contributed by atoms with Crippen LogP contribution in [0.1, 0.15) is 0 Å². The van der Waals surface area contributed by atoms with Crippen LogP contribution in [0.5, 0.6) is 0 Å². The minimum atomic E-state index is -0.996. The van der Waals surface area contributed by atoms with Crippen LogP contribution in [0.15, 0.2) is 0 Å². The van der Waals surface area contributed by atoms with Crippen LogP contribution < -0.4 is 0 Å². The summed E-state index contributed by atoms with van der Waals surface area (Å²) in [6.45, 7) is 0.842. The molecule has 7 nitrogen and oxygen atoms in total. The zero-order valence-corrected chi connectivity index (χ0v) is 10.6. The maximum atomic E-state index is 9.03. The highest BCUT2D eigenvalue weighted by atomic mass is 16.5. The van der Waals surface area contributed by atoms with Gasteiger partial charge in [0.05, 0.1) is 71.5 Å². The molecule has 0 aliphatic rings. The van der Waals surface area contributed by atoms with Crippen LogP contribution in [-0.2, 0) is 14.2 Å². The van der Waals surface area contributed by atoms with Gasteiger partial charge in [-0.2, -0.15) is 0 Å². The Kier molecular flexibility index (Phi) is 11.6. The fourth-order valence-corrected chi connectivity index (χ4v) is 1.08. The van der Waals surface area contributed by atoms with Crippen molar-refractivity contribution < 1.29 is 34.6 Å². The lowest BCUT2D eigenvalue weighted by Gasteiger charge is -2.26. The maximum Gasteiger partial charge on any atom is 0.0701 e. The molecule has 0 aromatic rings. The van der Waals surface area contributed by atoms with Gasteiger partial charge in [0.25, 0.3) is 0 Å². The number of hydrogen-bond donors (Lipinski definition) is 4. The molecule has 0 saturated heterocycles. The van der Waals surface area contributed by atoms with Crippen molar-refractivity contribution in [2.24, 2.45) is 5.41 Å². The standard InChI is InChI=1S/C11H24O7/c12-1-2-16-3-4-17-5-6-18-10-11(7-13,8-14)9-15/h12-15H,1-10H2. The summed E-state index contributed by atoms with van der Waals surface area (Å²) in [7, 11) is 0. The third-order valence-electron chi connectivity index (χ3n) is 2.39. The van der Waals surface area contributed by atoms with E-state index in [1.54, 1.807) is 0 Å². The Bertz CT molecular complexity index is 165. The molecule has 0 unspecified atom stereocenters. The summed E-state index contributed by atoms with van der Waals surface area (Å²) in [6, 6.07) is 0. The van der Waals surface area contributed by atoms with E-state index in [1.807, 2.05) is 0 Å². The first-order chi connectivity index (χ1) is 8.74. The van der Waals surface area contributed by atoms with Crippen molar-refractivity contribution in [3.8, 4) is 0 Å². The molecule has 7 heteroatoms. The Morgan fingerprint density at radius 1 is 0.611 bits per heavy atom. The minimum Gasteiger partial charge on any atom is -0.396 e. The Labute approximate surface area is 107 Å². The van der Waals surface area contributed by atoms with Gasteiger partial charge in [-0.05, 0) is 0 Å². The van der Waals surface area contributed by atoms with Crippen LogP contribution >= 0.6 is 0 Å². The molecule has 0 amide bonds. The molecule has 0 bridgehead atoms. The third kappa shape index (κ3) is 7.93. The summed E-state index contributed by atoms with van der Waals surface area (Å²) in [4.78, 5) is 0. The van der Waals surface area contributed by atoms with Gasteiger partial charge in [0.15, 0.2) is 0 Å². The van der Waals surface area contributed by atoms with Crippen molar-refractivity contribution >= 4 is 0 Å². The molecule has 110 valence electrons. The highest BCUT2D eigenvalue weighted by molar-refractivity contribution is 4.76. The van der Waals surface area contributed by atoms with E-state index in [0.717, 1.165) is 0 Å². The molecule has 0 rings (SSSR count). The molecule has 4 N–H and O–H groups in total. The van der Waals surface area contributed by atoms with Gasteiger partial charge in [-0.25, -0.2) is 0 Å². The molecule has 0 aromatic heterocycles. The molecule has 0 atom stereocenters. The number of ether oxygens (including phenoxy) is 3. The Morgan fingerprint density at radius 3 is 1.50 bits per heavy atom. The van der Waals surface area contributed by atoms with Crippen molar-refractivity contribution in [2.45, 2.75) is 0 Å². The lowest BCUT2D eigenvalue weighted by molar-refractivity contribution is -0.0692. The summed E-state index contributed by atoms with van der Waals surface area (Å²) in [5.74, 6) is 0. The molecule has 0 radical (unpaired) electrons. The normalized spacial score (nSPS) is 12.0. The summed E-state index contributed by atoms with van der Waals surface area (Å²) < 4.78 is 15.4. The van der Waals surface area contributed by atoms with Crippen LogP contribution in [0.4, 0.5) is 0 Å². The number of rotatable bonds is 13. The average molecular weight is 268 g/mol. The first-order valence-corrected chi connectivity index (χ1v) is 5.91. The topological polar surface area (TPSA) is 109 Å². The van der Waals surface area contributed by atoms with Crippen molar-refractivity contribution in [3.05, 3.63) is 0 Å². The molecule has 0 aromatic carbocycles. The van der Waals surface area contributed by atoms with Gasteiger partial charge in [-0.1, -0.05) is 0 Å².